The molecule has 0 unspecified atom stereocenters. The lowest BCUT2D eigenvalue weighted by Gasteiger charge is -2.36. The highest BCUT2D eigenvalue weighted by atomic mass is 16.2. The molecule has 2 fully saturated rings. The van der Waals surface area contributed by atoms with Crippen molar-refractivity contribution in [2.75, 3.05) is 65.4 Å². The van der Waals surface area contributed by atoms with Gasteiger partial charge in [0, 0.05) is 52.4 Å². The molecule has 0 spiro atoms. The molecule has 2 aliphatic rings. The van der Waals surface area contributed by atoms with Gasteiger partial charge in [0.1, 0.15) is 0 Å². The molecule has 0 bridgehead atoms. The predicted octanol–water partition coefficient (Wildman–Crippen LogP) is 1.66. The van der Waals surface area contributed by atoms with Crippen LogP contribution in [0.15, 0.2) is 0 Å². The van der Waals surface area contributed by atoms with Crippen molar-refractivity contribution in [2.45, 2.75) is 52.4 Å². The van der Waals surface area contributed by atoms with Crippen LogP contribution in [0.1, 0.15) is 52.4 Å². The fourth-order valence-corrected chi connectivity index (χ4v) is 3.91. The number of piperazine rings is 1. The lowest BCUT2D eigenvalue weighted by atomic mass is 10.2. The third-order valence-corrected chi connectivity index (χ3v) is 5.48. The Morgan fingerprint density at radius 3 is 1.73 bits per heavy atom. The lowest BCUT2D eigenvalue weighted by Crippen LogP contribution is -2.52. The van der Waals surface area contributed by atoms with Gasteiger partial charge in [0.2, 0.25) is 11.8 Å². The summed E-state index contributed by atoms with van der Waals surface area (Å²) in [5.74, 6) is 0.538. The number of hydrogen-bond donors (Lipinski definition) is 0. The van der Waals surface area contributed by atoms with E-state index < -0.39 is 0 Å². The number of carbonyl (C=O) groups excluding carboxylic acids is 2. The van der Waals surface area contributed by atoms with Crippen molar-refractivity contribution >= 4 is 11.8 Å². The fourth-order valence-electron chi connectivity index (χ4n) is 3.91. The van der Waals surface area contributed by atoms with Gasteiger partial charge in [0.05, 0.1) is 13.1 Å². The summed E-state index contributed by atoms with van der Waals surface area (Å²) in [5.41, 5.74) is 0. The third kappa shape index (κ3) is 6.88. The van der Waals surface area contributed by atoms with E-state index in [9.17, 15) is 9.59 Å². The van der Waals surface area contributed by atoms with E-state index in [0.717, 1.165) is 78.0 Å². The zero-order valence-corrected chi connectivity index (χ0v) is 16.9. The molecule has 0 radical (unpaired) electrons. The number of carbonyl (C=O) groups is 2. The van der Waals surface area contributed by atoms with Crippen molar-refractivity contribution in [1.29, 1.82) is 0 Å². The summed E-state index contributed by atoms with van der Waals surface area (Å²) < 4.78 is 0. The van der Waals surface area contributed by atoms with Crippen LogP contribution in [0.2, 0.25) is 0 Å². The van der Waals surface area contributed by atoms with E-state index in [1.54, 1.807) is 0 Å². The molecule has 150 valence electrons. The van der Waals surface area contributed by atoms with Gasteiger partial charge < -0.3 is 9.80 Å². The summed E-state index contributed by atoms with van der Waals surface area (Å²) in [6.45, 7) is 12.4. The van der Waals surface area contributed by atoms with Crippen LogP contribution in [0.3, 0.4) is 0 Å². The van der Waals surface area contributed by atoms with Gasteiger partial charge in [-0.2, -0.15) is 0 Å². The zero-order valence-electron chi connectivity index (χ0n) is 16.9. The van der Waals surface area contributed by atoms with E-state index in [-0.39, 0.29) is 11.8 Å². The Morgan fingerprint density at radius 1 is 0.731 bits per heavy atom. The first-order chi connectivity index (χ1) is 12.6. The van der Waals surface area contributed by atoms with E-state index >= 15 is 0 Å². The Kier molecular flexibility index (Phi) is 9.40. The standard InChI is InChI=1S/C20H38N4O2/c1-3-9-23(10-4-2)19(25)17-21-13-15-22(16-14-21)18-20(26)24-11-7-5-6-8-12-24/h3-18H2,1-2H3. The summed E-state index contributed by atoms with van der Waals surface area (Å²) in [7, 11) is 0. The number of hydrogen-bond acceptors (Lipinski definition) is 4. The Balaban J connectivity index is 1.70. The quantitative estimate of drug-likeness (QED) is 0.655. The van der Waals surface area contributed by atoms with Crippen LogP contribution in [0.5, 0.6) is 0 Å². The normalized spacial score (nSPS) is 20.0. The monoisotopic (exact) mass is 366 g/mol. The highest BCUT2D eigenvalue weighted by molar-refractivity contribution is 5.79. The van der Waals surface area contributed by atoms with E-state index in [1.165, 1.54) is 12.8 Å². The second-order valence-electron chi connectivity index (χ2n) is 7.73. The number of nitrogens with zero attached hydrogens (tertiary/aromatic N) is 4. The number of likely N-dealkylation sites (tertiary alicyclic amines) is 1. The van der Waals surface area contributed by atoms with Crippen LogP contribution < -0.4 is 0 Å². The number of rotatable bonds is 8. The first kappa shape index (κ1) is 21.2. The topological polar surface area (TPSA) is 47.1 Å². The van der Waals surface area contributed by atoms with Crippen LogP contribution >= 0.6 is 0 Å². The van der Waals surface area contributed by atoms with Crippen molar-refractivity contribution < 1.29 is 9.59 Å². The lowest BCUT2D eigenvalue weighted by molar-refractivity contribution is -0.135. The molecule has 0 aromatic carbocycles. The van der Waals surface area contributed by atoms with Gasteiger partial charge in [-0.1, -0.05) is 26.7 Å². The molecule has 2 aliphatic heterocycles. The maximum Gasteiger partial charge on any atom is 0.236 e. The molecular formula is C20H38N4O2. The molecule has 0 aromatic rings. The first-order valence-electron chi connectivity index (χ1n) is 10.6. The Bertz CT molecular complexity index is 398. The molecule has 0 atom stereocenters. The molecule has 0 aromatic heterocycles. The SMILES string of the molecule is CCCN(CCC)C(=O)CN1CCN(CC(=O)N2CCCCCC2)CC1. The van der Waals surface area contributed by atoms with Crippen molar-refractivity contribution in [1.82, 2.24) is 19.6 Å². The van der Waals surface area contributed by atoms with Gasteiger partial charge in [0.25, 0.3) is 0 Å². The van der Waals surface area contributed by atoms with Crippen LogP contribution in [0.4, 0.5) is 0 Å². The van der Waals surface area contributed by atoms with E-state index in [1.807, 2.05) is 4.90 Å². The van der Waals surface area contributed by atoms with E-state index in [2.05, 4.69) is 28.5 Å². The molecule has 0 aliphatic carbocycles. The van der Waals surface area contributed by atoms with Crippen LogP contribution in [0, 0.1) is 0 Å². The molecular weight excluding hydrogens is 328 g/mol. The van der Waals surface area contributed by atoms with Gasteiger partial charge >= 0.3 is 0 Å². The molecule has 2 rings (SSSR count). The number of amides is 2. The van der Waals surface area contributed by atoms with E-state index in [0.29, 0.717) is 13.1 Å². The second kappa shape index (κ2) is 11.5. The van der Waals surface area contributed by atoms with Crippen LogP contribution in [-0.4, -0.2) is 96.9 Å². The molecule has 0 N–H and O–H groups in total. The molecule has 6 heteroatoms. The minimum Gasteiger partial charge on any atom is -0.342 e. The highest BCUT2D eigenvalue weighted by Crippen LogP contribution is 2.11. The van der Waals surface area contributed by atoms with Crippen molar-refractivity contribution in [2.24, 2.45) is 0 Å². The van der Waals surface area contributed by atoms with Gasteiger partial charge in [0.15, 0.2) is 0 Å². The van der Waals surface area contributed by atoms with E-state index in [4.69, 9.17) is 0 Å². The van der Waals surface area contributed by atoms with Crippen molar-refractivity contribution in [3.05, 3.63) is 0 Å². The first-order valence-corrected chi connectivity index (χ1v) is 10.6. The van der Waals surface area contributed by atoms with Gasteiger partial charge in [-0.3, -0.25) is 19.4 Å². The predicted molar refractivity (Wildman–Crippen MR) is 105 cm³/mol. The highest BCUT2D eigenvalue weighted by Gasteiger charge is 2.24. The molecule has 2 saturated heterocycles. The second-order valence-corrected chi connectivity index (χ2v) is 7.73. The Labute approximate surface area is 159 Å². The van der Waals surface area contributed by atoms with Gasteiger partial charge in [-0.05, 0) is 25.7 Å². The van der Waals surface area contributed by atoms with Crippen molar-refractivity contribution in [3.8, 4) is 0 Å². The largest absolute Gasteiger partial charge is 0.342 e. The van der Waals surface area contributed by atoms with Crippen molar-refractivity contribution in [3.63, 3.8) is 0 Å². The molecule has 2 amide bonds. The summed E-state index contributed by atoms with van der Waals surface area (Å²) in [5, 5.41) is 0. The minimum atomic E-state index is 0.253. The Hall–Kier alpha value is -1.14. The fraction of sp³-hybridized carbons (Fsp3) is 0.900. The molecule has 0 saturated carbocycles. The van der Waals surface area contributed by atoms with Gasteiger partial charge in [-0.25, -0.2) is 0 Å². The molecule has 2 heterocycles. The minimum absolute atomic E-state index is 0.253. The smallest absolute Gasteiger partial charge is 0.236 e. The summed E-state index contributed by atoms with van der Waals surface area (Å²) >= 11 is 0. The molecule has 6 nitrogen and oxygen atoms in total. The maximum atomic E-state index is 12.5. The zero-order chi connectivity index (χ0) is 18.8. The molecule has 26 heavy (non-hydrogen) atoms. The average molecular weight is 367 g/mol. The van der Waals surface area contributed by atoms with Crippen LogP contribution in [0.25, 0.3) is 0 Å². The van der Waals surface area contributed by atoms with Gasteiger partial charge in [-0.15, -0.1) is 0 Å². The third-order valence-electron chi connectivity index (χ3n) is 5.48. The van der Waals surface area contributed by atoms with Crippen LogP contribution in [-0.2, 0) is 9.59 Å². The summed E-state index contributed by atoms with van der Waals surface area (Å²) in [6, 6.07) is 0. The average Bonchev–Trinajstić information content (AvgIpc) is 2.92. The summed E-state index contributed by atoms with van der Waals surface area (Å²) in [6.07, 6.45) is 6.82. The maximum absolute atomic E-state index is 12.5. The Morgan fingerprint density at radius 2 is 1.23 bits per heavy atom. The summed E-state index contributed by atoms with van der Waals surface area (Å²) in [4.78, 5) is 33.6.